The van der Waals surface area contributed by atoms with E-state index in [1.54, 1.807) is 11.0 Å². The minimum atomic E-state index is -0.613. The summed E-state index contributed by atoms with van der Waals surface area (Å²) in [5.41, 5.74) is 2.44. The zero-order valence-corrected chi connectivity index (χ0v) is 18.6. The predicted molar refractivity (Wildman–Crippen MR) is 117 cm³/mol. The van der Waals surface area contributed by atoms with Gasteiger partial charge in [0.1, 0.15) is 6.04 Å². The van der Waals surface area contributed by atoms with Crippen molar-refractivity contribution < 1.29 is 19.2 Å². The number of hydrogen-bond donors (Lipinski definition) is 3. The number of likely N-dealkylation sites (tertiary alicyclic amines) is 1. The van der Waals surface area contributed by atoms with Gasteiger partial charge in [-0.15, -0.1) is 0 Å². The number of carbonyl (C=O) groups excluding carboxylic acids is 4. The first-order chi connectivity index (χ1) is 15.4. The van der Waals surface area contributed by atoms with Gasteiger partial charge in [-0.3, -0.25) is 24.5 Å². The highest BCUT2D eigenvalue weighted by Gasteiger charge is 2.39. The molecule has 0 aromatic heterocycles. The Morgan fingerprint density at radius 1 is 1.25 bits per heavy atom. The van der Waals surface area contributed by atoms with Gasteiger partial charge in [0, 0.05) is 44.2 Å². The third kappa shape index (κ3) is 4.54. The first-order valence-corrected chi connectivity index (χ1v) is 11.3. The van der Waals surface area contributed by atoms with Gasteiger partial charge in [-0.05, 0) is 50.4 Å². The van der Waals surface area contributed by atoms with Crippen LogP contribution in [0.4, 0.5) is 0 Å². The molecule has 0 saturated carbocycles. The Bertz CT molecular complexity index is 933. The van der Waals surface area contributed by atoms with Crippen molar-refractivity contribution in [3.63, 3.8) is 0 Å². The average molecular weight is 442 g/mol. The van der Waals surface area contributed by atoms with Gasteiger partial charge in [0.2, 0.25) is 17.7 Å². The minimum Gasteiger partial charge on any atom is -0.340 e. The van der Waals surface area contributed by atoms with Gasteiger partial charge in [0.15, 0.2) is 0 Å². The first-order valence-electron chi connectivity index (χ1n) is 11.3. The molecule has 1 aromatic rings. The Morgan fingerprint density at radius 2 is 2.06 bits per heavy atom. The van der Waals surface area contributed by atoms with E-state index in [1.807, 2.05) is 31.0 Å². The third-order valence-electron chi connectivity index (χ3n) is 6.71. The molecule has 9 heteroatoms. The molecule has 3 atom stereocenters. The van der Waals surface area contributed by atoms with Crippen LogP contribution in [0, 0.1) is 0 Å². The van der Waals surface area contributed by atoms with Crippen LogP contribution in [0.3, 0.4) is 0 Å². The molecule has 9 nitrogen and oxygen atoms in total. The number of piperidine rings is 2. The van der Waals surface area contributed by atoms with Gasteiger partial charge >= 0.3 is 0 Å². The maximum Gasteiger partial charge on any atom is 0.255 e. The van der Waals surface area contributed by atoms with Crippen molar-refractivity contribution in [1.29, 1.82) is 0 Å². The van der Waals surface area contributed by atoms with Crippen LogP contribution < -0.4 is 16.0 Å². The van der Waals surface area contributed by atoms with Crippen LogP contribution in [0.25, 0.3) is 0 Å². The van der Waals surface area contributed by atoms with E-state index in [0.29, 0.717) is 31.1 Å². The van der Waals surface area contributed by atoms with Crippen molar-refractivity contribution in [3.05, 3.63) is 34.9 Å². The number of fused-ring (bicyclic) bond motifs is 1. The molecule has 4 amide bonds. The SMILES string of the molecule is CNC1CCCN(C(=O)[C@H](C)NCc2ccc3c(c2)CN(C2CCC(=O)NC2=O)C3=O)C1. The van der Waals surface area contributed by atoms with E-state index in [0.717, 1.165) is 37.1 Å². The molecule has 0 bridgehead atoms. The van der Waals surface area contributed by atoms with Gasteiger partial charge in [0.25, 0.3) is 5.91 Å². The summed E-state index contributed by atoms with van der Waals surface area (Å²) in [4.78, 5) is 52.7. The van der Waals surface area contributed by atoms with Gasteiger partial charge < -0.3 is 20.4 Å². The van der Waals surface area contributed by atoms with Crippen LogP contribution in [0.15, 0.2) is 18.2 Å². The zero-order chi connectivity index (χ0) is 22.8. The zero-order valence-electron chi connectivity index (χ0n) is 18.6. The van der Waals surface area contributed by atoms with Gasteiger partial charge in [-0.2, -0.15) is 0 Å². The molecular weight excluding hydrogens is 410 g/mol. The molecule has 3 aliphatic heterocycles. The Hall–Kier alpha value is -2.78. The minimum absolute atomic E-state index is 0.102. The highest BCUT2D eigenvalue weighted by atomic mass is 16.2. The molecule has 2 fully saturated rings. The summed E-state index contributed by atoms with van der Waals surface area (Å²) in [6.07, 6.45) is 2.69. The van der Waals surface area contributed by atoms with Crippen molar-refractivity contribution in [1.82, 2.24) is 25.8 Å². The molecule has 2 saturated heterocycles. The Balaban J connectivity index is 1.35. The average Bonchev–Trinajstić information content (AvgIpc) is 3.12. The second-order valence-corrected chi connectivity index (χ2v) is 8.91. The molecule has 4 rings (SSSR count). The lowest BCUT2D eigenvalue weighted by Crippen LogP contribution is -2.52. The fraction of sp³-hybridized carbons (Fsp3) is 0.565. The van der Waals surface area contributed by atoms with Crippen molar-refractivity contribution in [2.45, 2.75) is 63.8 Å². The molecule has 3 aliphatic rings. The van der Waals surface area contributed by atoms with E-state index in [-0.39, 0.29) is 30.2 Å². The molecule has 172 valence electrons. The predicted octanol–water partition coefficient (Wildman–Crippen LogP) is 0.136. The summed E-state index contributed by atoms with van der Waals surface area (Å²) >= 11 is 0. The van der Waals surface area contributed by atoms with Crippen molar-refractivity contribution in [3.8, 4) is 0 Å². The van der Waals surface area contributed by atoms with Gasteiger partial charge in [0.05, 0.1) is 6.04 Å². The van der Waals surface area contributed by atoms with E-state index >= 15 is 0 Å². The van der Waals surface area contributed by atoms with Crippen LogP contribution in [0.1, 0.15) is 54.1 Å². The number of benzene rings is 1. The number of hydrogen-bond acceptors (Lipinski definition) is 6. The number of rotatable bonds is 6. The summed E-state index contributed by atoms with van der Waals surface area (Å²) in [5.74, 6) is -0.777. The lowest BCUT2D eigenvalue weighted by Gasteiger charge is -2.34. The largest absolute Gasteiger partial charge is 0.340 e. The highest BCUT2D eigenvalue weighted by molar-refractivity contribution is 6.05. The quantitative estimate of drug-likeness (QED) is 0.542. The Morgan fingerprint density at radius 3 is 2.81 bits per heavy atom. The fourth-order valence-corrected chi connectivity index (χ4v) is 4.78. The van der Waals surface area contributed by atoms with Crippen molar-refractivity contribution in [2.24, 2.45) is 0 Å². The fourth-order valence-electron chi connectivity index (χ4n) is 4.78. The number of nitrogens with one attached hydrogen (secondary N) is 3. The monoisotopic (exact) mass is 441 g/mol. The smallest absolute Gasteiger partial charge is 0.255 e. The first kappa shape index (κ1) is 22.4. The number of amides is 4. The lowest BCUT2D eigenvalue weighted by molar-refractivity contribution is -0.137. The van der Waals surface area contributed by atoms with Gasteiger partial charge in [-0.25, -0.2) is 0 Å². The molecule has 2 unspecified atom stereocenters. The van der Waals surface area contributed by atoms with Crippen LogP contribution >= 0.6 is 0 Å². The topological polar surface area (TPSA) is 111 Å². The van der Waals surface area contributed by atoms with Crippen LogP contribution in [-0.4, -0.2) is 71.7 Å². The molecule has 1 aromatic carbocycles. The summed E-state index contributed by atoms with van der Waals surface area (Å²) < 4.78 is 0. The van der Waals surface area contributed by atoms with Crippen molar-refractivity contribution in [2.75, 3.05) is 20.1 Å². The Kier molecular flexibility index (Phi) is 6.57. The number of carbonyl (C=O) groups is 4. The Labute approximate surface area is 187 Å². The standard InChI is InChI=1S/C23H31N5O4/c1-14(22(31)27-9-3-4-17(13-27)24-2)25-11-15-5-6-18-16(10-15)12-28(23(18)32)19-7-8-20(29)26-21(19)30/h5-6,10,14,17,19,24-25H,3-4,7-9,11-13H2,1-2H3,(H,26,29,30)/t14-,17?,19?/m0/s1. The van der Waals surface area contributed by atoms with Crippen molar-refractivity contribution >= 4 is 23.6 Å². The molecule has 0 spiro atoms. The van der Waals surface area contributed by atoms with E-state index in [4.69, 9.17) is 0 Å². The molecule has 3 N–H and O–H groups in total. The summed E-state index contributed by atoms with van der Waals surface area (Å²) in [6, 6.07) is 5.06. The maximum absolute atomic E-state index is 12.8. The lowest BCUT2D eigenvalue weighted by atomic mass is 10.0. The number of imide groups is 1. The third-order valence-corrected chi connectivity index (χ3v) is 6.71. The van der Waals surface area contributed by atoms with Crippen LogP contribution in [-0.2, 0) is 27.5 Å². The molecular formula is C23H31N5O4. The summed E-state index contributed by atoms with van der Waals surface area (Å²) in [7, 11) is 1.93. The molecule has 32 heavy (non-hydrogen) atoms. The number of likely N-dealkylation sites (N-methyl/N-ethyl adjacent to an activating group) is 1. The second kappa shape index (κ2) is 9.38. The molecule has 0 radical (unpaired) electrons. The van der Waals surface area contributed by atoms with E-state index in [9.17, 15) is 19.2 Å². The summed E-state index contributed by atoms with van der Waals surface area (Å²) in [6.45, 7) is 4.27. The highest BCUT2D eigenvalue weighted by Crippen LogP contribution is 2.28. The van der Waals surface area contributed by atoms with E-state index in [1.165, 1.54) is 0 Å². The maximum atomic E-state index is 12.8. The molecule has 3 heterocycles. The second-order valence-electron chi connectivity index (χ2n) is 8.91. The van der Waals surface area contributed by atoms with E-state index in [2.05, 4.69) is 16.0 Å². The summed E-state index contributed by atoms with van der Waals surface area (Å²) in [5, 5.41) is 8.88. The normalized spacial score (nSPS) is 24.4. The van der Waals surface area contributed by atoms with Gasteiger partial charge in [-0.1, -0.05) is 12.1 Å². The van der Waals surface area contributed by atoms with E-state index < -0.39 is 11.9 Å². The molecule has 0 aliphatic carbocycles. The van der Waals surface area contributed by atoms with Crippen LogP contribution in [0.2, 0.25) is 0 Å². The number of nitrogens with zero attached hydrogens (tertiary/aromatic N) is 2. The van der Waals surface area contributed by atoms with Crippen LogP contribution in [0.5, 0.6) is 0 Å².